The number of anilines is 2. The Morgan fingerprint density at radius 2 is 0.967 bits per heavy atom. The summed E-state index contributed by atoms with van der Waals surface area (Å²) in [4.78, 5) is 67.7. The number of nitrogens with one attached hydrogen (secondary N) is 2. The lowest BCUT2D eigenvalue weighted by molar-refractivity contribution is 0.0685. The third-order valence-corrected chi connectivity index (χ3v) is 16.4. The molecule has 4 aromatic carbocycles. The maximum atomic E-state index is 13.7. The standard InChI is InChI=1S/C32H28F2N4O6S.C25H22FN3O7S.C6H7FN2/c1-35-32(40)29-23-15-22(24-12-14-27(43-3)30(37-24)26(39)13-11-21-10-9-20(34)17-36-21)25(38(2)45(4,41)42)16-28(23)44-31(29)18-5-7-19(33)8-6-18;1-27-24(30)21-16-11-15(17-9-10-19(35-3)22(28-17)25(31)32)18(29(2)37(4,33)34)12-20(16)36-23(21)13-5-7-14(26)8-6-13;7-5-1-2-6(3-8)9-4-5/h5-10,12,14-17H,11,13H2,1-4H3,(H,35,40);5-12H,1-4H3,(H,27,30)(H,31,32);1-2,4H,3,8H2. The van der Waals surface area contributed by atoms with Crippen LogP contribution in [0.4, 0.5) is 28.9 Å². The Balaban J connectivity index is 0.000000209. The molecule has 0 spiro atoms. The lowest BCUT2D eigenvalue weighted by atomic mass is 10.00. The molecule has 22 nitrogen and oxygen atoms in total. The molecule has 6 heterocycles. The second-order valence-electron chi connectivity index (χ2n) is 19.8. The molecule has 0 bridgehead atoms. The van der Waals surface area contributed by atoms with E-state index in [0.717, 1.165) is 33.5 Å². The van der Waals surface area contributed by atoms with Gasteiger partial charge in [0.15, 0.2) is 17.2 Å². The zero-order valence-electron chi connectivity index (χ0n) is 49.8. The molecule has 0 fully saturated rings. The summed E-state index contributed by atoms with van der Waals surface area (Å²) in [5.41, 5.74) is 8.70. The van der Waals surface area contributed by atoms with Gasteiger partial charge in [-0.3, -0.25) is 33.0 Å². The third-order valence-electron chi connectivity index (χ3n) is 14.0. The quantitative estimate of drug-likeness (QED) is 0.0458. The van der Waals surface area contributed by atoms with Crippen LogP contribution in [0.3, 0.4) is 0 Å². The van der Waals surface area contributed by atoms with Crippen molar-refractivity contribution in [1.82, 2.24) is 30.6 Å². The maximum absolute atomic E-state index is 13.7. The van der Waals surface area contributed by atoms with Crippen LogP contribution in [0, 0.1) is 23.3 Å². The lowest BCUT2D eigenvalue weighted by Gasteiger charge is -2.21. The highest BCUT2D eigenvalue weighted by Gasteiger charge is 2.30. The maximum Gasteiger partial charge on any atom is 0.358 e. The Hall–Kier alpha value is -10.6. The summed E-state index contributed by atoms with van der Waals surface area (Å²) in [6.45, 7) is 0.361. The van der Waals surface area contributed by atoms with Crippen molar-refractivity contribution in [3.63, 3.8) is 0 Å². The molecule has 2 amide bonds. The predicted octanol–water partition coefficient (Wildman–Crippen LogP) is 9.86. The predicted molar refractivity (Wildman–Crippen MR) is 332 cm³/mol. The van der Waals surface area contributed by atoms with E-state index >= 15 is 0 Å². The molecule has 472 valence electrons. The summed E-state index contributed by atoms with van der Waals surface area (Å²) in [7, 11) is 0.687. The number of carbonyl (C=O) groups excluding carboxylic acids is 3. The van der Waals surface area contributed by atoms with Gasteiger partial charge in [-0.1, -0.05) is 0 Å². The molecule has 0 unspecified atom stereocenters. The van der Waals surface area contributed by atoms with Crippen molar-refractivity contribution in [3.05, 3.63) is 191 Å². The number of ketones is 1. The fraction of sp³-hybridized carbons (Fsp3) is 0.175. The minimum atomic E-state index is -3.80. The number of aryl methyl sites for hydroxylation is 1. The van der Waals surface area contributed by atoms with Crippen LogP contribution in [0.1, 0.15) is 59.5 Å². The third kappa shape index (κ3) is 15.0. The number of aromatic nitrogens is 4. The number of furan rings is 2. The number of ether oxygens (including phenoxy) is 2. The molecule has 0 aliphatic carbocycles. The minimum Gasteiger partial charge on any atom is -0.494 e. The second-order valence-corrected chi connectivity index (χ2v) is 23.9. The van der Waals surface area contributed by atoms with E-state index in [4.69, 9.17) is 24.0 Å². The van der Waals surface area contributed by atoms with Crippen LogP contribution in [-0.2, 0) is 33.0 Å². The first-order chi connectivity index (χ1) is 43.2. The number of Topliss-reactive ketones (excluding diaryl/α,β-unsaturated/α-hetero) is 1. The van der Waals surface area contributed by atoms with E-state index in [0.29, 0.717) is 39.8 Å². The summed E-state index contributed by atoms with van der Waals surface area (Å²) in [6.07, 6.45) is 4.47. The van der Waals surface area contributed by atoms with Crippen LogP contribution >= 0.6 is 0 Å². The first-order valence-electron chi connectivity index (χ1n) is 27.0. The molecule has 10 aromatic rings. The van der Waals surface area contributed by atoms with Gasteiger partial charge in [0.25, 0.3) is 11.8 Å². The molecule has 6 aromatic heterocycles. The van der Waals surface area contributed by atoms with E-state index in [1.54, 1.807) is 24.3 Å². The van der Waals surface area contributed by atoms with E-state index in [2.05, 4.69) is 30.6 Å². The molecule has 10 rings (SSSR count). The van der Waals surface area contributed by atoms with Gasteiger partial charge in [-0.15, -0.1) is 0 Å². The van der Waals surface area contributed by atoms with Gasteiger partial charge < -0.3 is 39.8 Å². The van der Waals surface area contributed by atoms with Crippen LogP contribution < -0.4 is 34.5 Å². The number of benzene rings is 4. The van der Waals surface area contributed by atoms with E-state index < -0.39 is 55.3 Å². The molecule has 5 N–H and O–H groups in total. The van der Waals surface area contributed by atoms with E-state index in [1.807, 2.05) is 0 Å². The fourth-order valence-electron chi connectivity index (χ4n) is 9.18. The van der Waals surface area contributed by atoms with Crippen molar-refractivity contribution >= 4 is 76.9 Å². The van der Waals surface area contributed by atoms with Gasteiger partial charge in [0.05, 0.1) is 78.7 Å². The number of hydrogen-bond donors (Lipinski definition) is 4. The number of methoxy groups -OCH3 is 2. The van der Waals surface area contributed by atoms with Gasteiger partial charge in [-0.05, 0) is 116 Å². The van der Waals surface area contributed by atoms with E-state index in [9.17, 15) is 58.7 Å². The zero-order valence-corrected chi connectivity index (χ0v) is 51.4. The van der Waals surface area contributed by atoms with Crippen LogP contribution in [-0.4, -0.2) is 120 Å². The van der Waals surface area contributed by atoms with Crippen LogP contribution in [0.5, 0.6) is 11.5 Å². The monoisotopic (exact) mass is 1290 g/mol. The molecule has 0 saturated carbocycles. The molecule has 0 aliphatic heterocycles. The first-order valence-corrected chi connectivity index (χ1v) is 30.7. The summed E-state index contributed by atoms with van der Waals surface area (Å²) in [5, 5.41) is 15.4. The van der Waals surface area contributed by atoms with E-state index in [-0.39, 0.29) is 115 Å². The Bertz CT molecular complexity index is 4630. The van der Waals surface area contributed by atoms with Crippen molar-refractivity contribution in [2.45, 2.75) is 19.4 Å². The highest BCUT2D eigenvalue weighted by Crippen LogP contribution is 2.44. The van der Waals surface area contributed by atoms with Crippen molar-refractivity contribution in [3.8, 4) is 56.7 Å². The van der Waals surface area contributed by atoms with Crippen molar-refractivity contribution in [2.75, 3.05) is 63.5 Å². The fourth-order valence-corrected chi connectivity index (χ4v) is 10.2. The minimum absolute atomic E-state index is 0.00381. The Kier molecular flexibility index (Phi) is 20.3. The summed E-state index contributed by atoms with van der Waals surface area (Å²) >= 11 is 0. The Labute approximate surface area is 518 Å². The molecule has 28 heteroatoms. The van der Waals surface area contributed by atoms with Crippen LogP contribution in [0.25, 0.3) is 67.1 Å². The van der Waals surface area contributed by atoms with Crippen molar-refractivity contribution in [2.24, 2.45) is 5.73 Å². The zero-order chi connectivity index (χ0) is 66.2. The number of fused-ring (bicyclic) bond motifs is 2. The number of hydrogen-bond acceptors (Lipinski definition) is 17. The number of carboxylic acids is 1. The average molecular weight is 1290 g/mol. The van der Waals surface area contributed by atoms with Gasteiger partial charge in [0.1, 0.15) is 57.4 Å². The first kappa shape index (κ1) is 66.4. The van der Waals surface area contributed by atoms with Crippen LogP contribution in [0.2, 0.25) is 0 Å². The summed E-state index contributed by atoms with van der Waals surface area (Å²) in [6, 6.07) is 28.4. The number of aromatic carboxylic acids is 1. The number of carboxylic acid groups (broad SMARTS) is 1. The molecule has 0 aliphatic rings. The van der Waals surface area contributed by atoms with Gasteiger partial charge in [-0.25, -0.2) is 49.2 Å². The lowest BCUT2D eigenvalue weighted by Crippen LogP contribution is -2.25. The highest BCUT2D eigenvalue weighted by atomic mass is 32.2. The van der Waals surface area contributed by atoms with Crippen LogP contribution in [0.15, 0.2) is 143 Å². The molecular formula is C63H57F4N9O13S2. The van der Waals surface area contributed by atoms with Gasteiger partial charge >= 0.3 is 5.97 Å². The number of pyridine rings is 4. The van der Waals surface area contributed by atoms with E-state index in [1.165, 1.54) is 139 Å². The number of sulfonamides is 2. The number of amides is 2. The molecule has 0 saturated heterocycles. The number of nitrogens with zero attached hydrogens (tertiary/aromatic N) is 6. The van der Waals surface area contributed by atoms with Gasteiger partial charge in [-0.2, -0.15) is 0 Å². The topological polar surface area (TPSA) is 310 Å². The number of halogens is 4. The van der Waals surface area contributed by atoms with Gasteiger partial charge in [0.2, 0.25) is 20.0 Å². The highest BCUT2D eigenvalue weighted by molar-refractivity contribution is 7.92. The summed E-state index contributed by atoms with van der Waals surface area (Å²) < 4.78 is 128. The second kappa shape index (κ2) is 27.9. The molecule has 91 heavy (non-hydrogen) atoms. The Morgan fingerprint density at radius 3 is 1.33 bits per heavy atom. The van der Waals surface area contributed by atoms with Crippen molar-refractivity contribution < 1.29 is 77.0 Å². The Morgan fingerprint density at radius 1 is 0.571 bits per heavy atom. The van der Waals surface area contributed by atoms with Gasteiger partial charge in [0, 0.05) is 92.0 Å². The summed E-state index contributed by atoms with van der Waals surface area (Å²) in [5.74, 6) is -3.96. The molecule has 0 atom stereocenters. The number of carbonyl (C=O) groups is 4. The SMILES string of the molecule is CNC(=O)c1c(-c2ccc(F)cc2)oc2cc(N(C)S(C)(=O)=O)c(-c3ccc(OC)c(C(=O)CCc4ccc(F)cn4)n3)cc12.CNC(=O)c1c(-c2ccc(F)cc2)oc2cc(N(C)S(C)(=O)=O)c(-c3ccc(OC)c(C(=O)O)n3)cc12.NCc1ccc(F)cn1. The smallest absolute Gasteiger partial charge is 0.358 e. The molecule has 0 radical (unpaired) electrons. The number of nitrogens with two attached hydrogens (primary N) is 1. The number of rotatable bonds is 18. The normalized spacial score (nSPS) is 11.2. The largest absolute Gasteiger partial charge is 0.494 e. The molecular weight excluding hydrogens is 1230 g/mol. The average Bonchev–Trinajstić information content (AvgIpc) is 1.66. The van der Waals surface area contributed by atoms with Crippen molar-refractivity contribution in [1.29, 1.82) is 0 Å².